The number of nitrogens with zero attached hydrogens (tertiary/aromatic N) is 1. The Balaban J connectivity index is 1.30. The highest BCUT2D eigenvalue weighted by atomic mass is 16.2. The van der Waals surface area contributed by atoms with Crippen LogP contribution in [0.1, 0.15) is 63.4 Å². The predicted molar refractivity (Wildman–Crippen MR) is 108 cm³/mol. The van der Waals surface area contributed by atoms with Crippen molar-refractivity contribution in [2.24, 2.45) is 5.92 Å². The van der Waals surface area contributed by atoms with Crippen molar-refractivity contribution in [1.29, 1.82) is 0 Å². The number of carbonyl (C=O) groups excluding carboxylic acids is 2. The van der Waals surface area contributed by atoms with Gasteiger partial charge >= 0.3 is 0 Å². The molecule has 1 fully saturated rings. The van der Waals surface area contributed by atoms with Gasteiger partial charge in [-0.25, -0.2) is 0 Å². The molecule has 2 amide bonds. The number of rotatable bonds is 8. The van der Waals surface area contributed by atoms with Crippen LogP contribution in [0.2, 0.25) is 0 Å². The van der Waals surface area contributed by atoms with Gasteiger partial charge < -0.3 is 10.2 Å². The number of amides is 2. The van der Waals surface area contributed by atoms with E-state index in [4.69, 9.17) is 0 Å². The number of nitrogens with one attached hydrogen (secondary N) is 1. The van der Waals surface area contributed by atoms with Crippen molar-refractivity contribution < 1.29 is 9.59 Å². The summed E-state index contributed by atoms with van der Waals surface area (Å²) in [5, 5.41) is 2.96. The van der Waals surface area contributed by atoms with Crippen LogP contribution in [0.4, 0.5) is 0 Å². The maximum atomic E-state index is 12.6. The zero-order chi connectivity index (χ0) is 18.9. The van der Waals surface area contributed by atoms with Crippen LogP contribution in [0.3, 0.4) is 0 Å². The summed E-state index contributed by atoms with van der Waals surface area (Å²) in [6.45, 7) is 1.46. The third-order valence-electron chi connectivity index (χ3n) is 5.68. The Bertz CT molecular complexity index is 654. The largest absolute Gasteiger partial charge is 0.356 e. The van der Waals surface area contributed by atoms with Crippen LogP contribution in [0.5, 0.6) is 0 Å². The third-order valence-corrected chi connectivity index (χ3v) is 5.68. The fourth-order valence-corrected chi connectivity index (χ4v) is 4.23. The fourth-order valence-electron chi connectivity index (χ4n) is 4.23. The normalized spacial score (nSPS) is 19.2. The molecule has 1 atom stereocenters. The molecule has 1 aliphatic carbocycles. The van der Waals surface area contributed by atoms with Gasteiger partial charge in [-0.05, 0) is 62.8 Å². The lowest BCUT2D eigenvalue weighted by atomic mass is 9.85. The number of hydrogen-bond acceptors (Lipinski definition) is 2. The van der Waals surface area contributed by atoms with Crippen LogP contribution in [-0.4, -0.2) is 29.8 Å². The van der Waals surface area contributed by atoms with Crippen molar-refractivity contribution in [3.05, 3.63) is 47.7 Å². The van der Waals surface area contributed by atoms with E-state index < -0.39 is 0 Å². The molecule has 1 heterocycles. The molecule has 3 rings (SSSR count). The highest BCUT2D eigenvalue weighted by Crippen LogP contribution is 2.35. The number of hydrogen-bond donors (Lipinski definition) is 1. The zero-order valence-electron chi connectivity index (χ0n) is 16.3. The van der Waals surface area contributed by atoms with Gasteiger partial charge in [-0.1, -0.05) is 36.4 Å². The van der Waals surface area contributed by atoms with E-state index in [0.29, 0.717) is 25.3 Å². The van der Waals surface area contributed by atoms with Crippen LogP contribution < -0.4 is 5.32 Å². The summed E-state index contributed by atoms with van der Waals surface area (Å²) in [6, 6.07) is 10.2. The number of piperidine rings is 1. The van der Waals surface area contributed by atoms with Crippen molar-refractivity contribution in [3.8, 4) is 0 Å². The van der Waals surface area contributed by atoms with Gasteiger partial charge in [0.15, 0.2) is 0 Å². The fraction of sp³-hybridized carbons (Fsp3) is 0.565. The van der Waals surface area contributed by atoms with Gasteiger partial charge in [0, 0.05) is 31.6 Å². The number of benzene rings is 1. The lowest BCUT2D eigenvalue weighted by Gasteiger charge is -2.38. The Labute approximate surface area is 163 Å². The number of aryl methyl sites for hydroxylation is 1. The van der Waals surface area contributed by atoms with Crippen LogP contribution in [0, 0.1) is 5.92 Å². The van der Waals surface area contributed by atoms with Crippen molar-refractivity contribution in [2.45, 2.75) is 64.2 Å². The van der Waals surface area contributed by atoms with Gasteiger partial charge in [-0.3, -0.25) is 9.59 Å². The van der Waals surface area contributed by atoms with E-state index in [1.807, 2.05) is 23.1 Å². The second kappa shape index (κ2) is 10.3. The first-order valence-electron chi connectivity index (χ1n) is 10.5. The number of carbonyl (C=O) groups is 2. The summed E-state index contributed by atoms with van der Waals surface area (Å²) in [4.78, 5) is 26.6. The quantitative estimate of drug-likeness (QED) is 0.699. The molecule has 1 unspecified atom stereocenters. The molecule has 4 heteroatoms. The molecule has 27 heavy (non-hydrogen) atoms. The van der Waals surface area contributed by atoms with Gasteiger partial charge in [0.05, 0.1) is 0 Å². The van der Waals surface area contributed by atoms with E-state index >= 15 is 0 Å². The first-order valence-corrected chi connectivity index (χ1v) is 10.5. The molecule has 2 aliphatic rings. The maximum Gasteiger partial charge on any atom is 0.226 e. The number of allylic oxidation sites excluding steroid dienone is 2. The zero-order valence-corrected chi connectivity index (χ0v) is 16.3. The van der Waals surface area contributed by atoms with Gasteiger partial charge in [0.1, 0.15) is 0 Å². The Hall–Kier alpha value is -2.10. The first-order chi connectivity index (χ1) is 13.2. The van der Waals surface area contributed by atoms with Crippen LogP contribution in [-0.2, 0) is 16.0 Å². The average Bonchev–Trinajstić information content (AvgIpc) is 2.71. The molecule has 0 bridgehead atoms. The Kier molecular flexibility index (Phi) is 7.49. The van der Waals surface area contributed by atoms with Crippen LogP contribution in [0.15, 0.2) is 42.1 Å². The predicted octanol–water partition coefficient (Wildman–Crippen LogP) is 4.21. The van der Waals surface area contributed by atoms with Crippen LogP contribution in [0.25, 0.3) is 0 Å². The summed E-state index contributed by atoms with van der Waals surface area (Å²) < 4.78 is 0. The van der Waals surface area contributed by atoms with E-state index in [9.17, 15) is 9.59 Å². The minimum atomic E-state index is 0.0893. The van der Waals surface area contributed by atoms with E-state index in [1.165, 1.54) is 30.5 Å². The maximum absolute atomic E-state index is 12.6. The van der Waals surface area contributed by atoms with Crippen molar-refractivity contribution in [1.82, 2.24) is 10.2 Å². The highest BCUT2D eigenvalue weighted by molar-refractivity contribution is 5.78. The van der Waals surface area contributed by atoms with E-state index in [0.717, 1.165) is 38.6 Å². The lowest BCUT2D eigenvalue weighted by molar-refractivity contribution is -0.131. The number of fused-ring (bicyclic) bond motifs is 1. The summed E-state index contributed by atoms with van der Waals surface area (Å²) >= 11 is 0. The molecule has 4 nitrogen and oxygen atoms in total. The molecule has 1 saturated heterocycles. The number of likely N-dealkylation sites (tertiary alicyclic amines) is 1. The molecular formula is C23H32N2O2. The summed E-state index contributed by atoms with van der Waals surface area (Å²) in [7, 11) is 0. The summed E-state index contributed by atoms with van der Waals surface area (Å²) in [5.74, 6) is 0.915. The Morgan fingerprint density at radius 1 is 1.04 bits per heavy atom. The molecule has 1 aromatic rings. The van der Waals surface area contributed by atoms with E-state index in [-0.39, 0.29) is 11.8 Å². The smallest absolute Gasteiger partial charge is 0.226 e. The Morgan fingerprint density at radius 3 is 2.70 bits per heavy atom. The molecule has 1 aromatic carbocycles. The monoisotopic (exact) mass is 368 g/mol. The van der Waals surface area contributed by atoms with Gasteiger partial charge in [-0.2, -0.15) is 0 Å². The summed E-state index contributed by atoms with van der Waals surface area (Å²) in [6.07, 6.45) is 11.8. The SMILES string of the molecule is O=C(CCCc1ccccc1)NCCCC(=O)N1CCCC2CCCC=C21. The third kappa shape index (κ3) is 5.95. The molecule has 146 valence electrons. The first kappa shape index (κ1) is 19.7. The minimum absolute atomic E-state index is 0.0893. The standard InChI is InChI=1S/C23H32N2O2/c26-22(15-6-11-19-9-2-1-3-10-19)24-17-7-16-23(27)25-18-8-13-20-12-4-5-14-21(20)25/h1-3,9-10,14,20H,4-8,11-13,15-18H2,(H,24,26). The van der Waals surface area contributed by atoms with Crippen molar-refractivity contribution in [3.63, 3.8) is 0 Å². The lowest BCUT2D eigenvalue weighted by Crippen LogP contribution is -2.39. The van der Waals surface area contributed by atoms with Crippen molar-refractivity contribution >= 4 is 11.8 Å². The molecule has 1 aliphatic heterocycles. The molecule has 1 N–H and O–H groups in total. The molecule has 0 radical (unpaired) electrons. The second-order valence-electron chi connectivity index (χ2n) is 7.74. The molecule has 0 aromatic heterocycles. The van der Waals surface area contributed by atoms with E-state index in [1.54, 1.807) is 0 Å². The Morgan fingerprint density at radius 2 is 1.85 bits per heavy atom. The second-order valence-corrected chi connectivity index (χ2v) is 7.74. The average molecular weight is 369 g/mol. The van der Waals surface area contributed by atoms with Crippen molar-refractivity contribution in [2.75, 3.05) is 13.1 Å². The minimum Gasteiger partial charge on any atom is -0.356 e. The van der Waals surface area contributed by atoms with Gasteiger partial charge in [0.25, 0.3) is 0 Å². The highest BCUT2D eigenvalue weighted by Gasteiger charge is 2.29. The molecule has 0 spiro atoms. The van der Waals surface area contributed by atoms with Crippen LogP contribution >= 0.6 is 0 Å². The van der Waals surface area contributed by atoms with E-state index in [2.05, 4.69) is 23.5 Å². The topological polar surface area (TPSA) is 49.4 Å². The van der Waals surface area contributed by atoms with Gasteiger partial charge in [0.2, 0.25) is 11.8 Å². The van der Waals surface area contributed by atoms with Gasteiger partial charge in [-0.15, -0.1) is 0 Å². The summed E-state index contributed by atoms with van der Waals surface area (Å²) in [5.41, 5.74) is 2.55. The molecule has 0 saturated carbocycles. The molecular weight excluding hydrogens is 336 g/mol.